The summed E-state index contributed by atoms with van der Waals surface area (Å²) in [6.45, 7) is 0.781. The van der Waals surface area contributed by atoms with E-state index in [0.29, 0.717) is 11.9 Å². The smallest absolute Gasteiger partial charge is 0.224 e. The second-order valence-electron chi connectivity index (χ2n) is 5.63. The van der Waals surface area contributed by atoms with Crippen LogP contribution in [0.4, 0.5) is 4.39 Å². The molecule has 0 unspecified atom stereocenters. The number of H-pyrrole nitrogens is 1. The average Bonchev–Trinajstić information content (AvgIpc) is 2.95. The summed E-state index contributed by atoms with van der Waals surface area (Å²) in [5, 5.41) is 0. The second kappa shape index (κ2) is 6.69. The van der Waals surface area contributed by atoms with Gasteiger partial charge in [0.2, 0.25) is 5.91 Å². The highest BCUT2D eigenvalue weighted by atomic mass is 32.2. The van der Waals surface area contributed by atoms with Gasteiger partial charge in [-0.15, -0.1) is 0 Å². The predicted molar refractivity (Wildman–Crippen MR) is 87.4 cm³/mol. The highest BCUT2D eigenvalue weighted by Gasteiger charge is 2.29. The molecule has 118 valence electrons. The van der Waals surface area contributed by atoms with Crippen LogP contribution in [0.15, 0.2) is 18.2 Å². The number of piperidine rings is 1. The zero-order valence-electron chi connectivity index (χ0n) is 12.6. The van der Waals surface area contributed by atoms with Crippen LogP contribution in [-0.2, 0) is 4.79 Å². The molecule has 1 fully saturated rings. The Kier molecular flexibility index (Phi) is 4.66. The molecule has 0 radical (unpaired) electrons. The molecule has 0 spiro atoms. The number of nitrogens with zero attached hydrogens (tertiary/aromatic N) is 2. The lowest BCUT2D eigenvalue weighted by Gasteiger charge is -2.34. The number of fused-ring (bicyclic) bond motifs is 1. The van der Waals surface area contributed by atoms with Crippen molar-refractivity contribution in [2.75, 3.05) is 18.6 Å². The van der Waals surface area contributed by atoms with Gasteiger partial charge >= 0.3 is 0 Å². The number of aromatic nitrogens is 2. The molecule has 22 heavy (non-hydrogen) atoms. The first-order chi connectivity index (χ1) is 10.7. The van der Waals surface area contributed by atoms with Crippen LogP contribution in [-0.4, -0.2) is 39.3 Å². The van der Waals surface area contributed by atoms with E-state index in [0.717, 1.165) is 42.9 Å². The van der Waals surface area contributed by atoms with Gasteiger partial charge < -0.3 is 9.88 Å². The number of benzene rings is 1. The summed E-state index contributed by atoms with van der Waals surface area (Å²) in [5.74, 6) is 1.52. The molecule has 4 nitrogen and oxygen atoms in total. The lowest BCUT2D eigenvalue weighted by atomic mass is 10.0. The van der Waals surface area contributed by atoms with Crippen molar-refractivity contribution in [3.63, 3.8) is 0 Å². The fourth-order valence-electron chi connectivity index (χ4n) is 3.01. The van der Waals surface area contributed by atoms with Crippen molar-refractivity contribution in [2.24, 2.45) is 0 Å². The van der Waals surface area contributed by atoms with Gasteiger partial charge in [-0.05, 0) is 43.7 Å². The number of hydrogen-bond acceptors (Lipinski definition) is 3. The van der Waals surface area contributed by atoms with Crippen LogP contribution in [0.3, 0.4) is 0 Å². The maximum atomic E-state index is 13.3. The number of rotatable bonds is 4. The van der Waals surface area contributed by atoms with Gasteiger partial charge in [-0.3, -0.25) is 4.79 Å². The van der Waals surface area contributed by atoms with Gasteiger partial charge in [0.05, 0.1) is 17.1 Å². The van der Waals surface area contributed by atoms with Crippen LogP contribution in [0.2, 0.25) is 0 Å². The summed E-state index contributed by atoms with van der Waals surface area (Å²) in [4.78, 5) is 22.1. The summed E-state index contributed by atoms with van der Waals surface area (Å²) in [6, 6.07) is 4.52. The molecule has 0 bridgehead atoms. The minimum Gasteiger partial charge on any atom is -0.340 e. The zero-order valence-corrected chi connectivity index (χ0v) is 13.5. The van der Waals surface area contributed by atoms with Crippen molar-refractivity contribution in [3.8, 4) is 0 Å². The van der Waals surface area contributed by atoms with E-state index in [9.17, 15) is 9.18 Å². The maximum absolute atomic E-state index is 13.3. The van der Waals surface area contributed by atoms with Gasteiger partial charge in [0.1, 0.15) is 11.6 Å². The maximum Gasteiger partial charge on any atom is 0.224 e. The van der Waals surface area contributed by atoms with E-state index in [4.69, 9.17) is 0 Å². The summed E-state index contributed by atoms with van der Waals surface area (Å²) >= 11 is 1.68. The van der Waals surface area contributed by atoms with E-state index < -0.39 is 0 Å². The Morgan fingerprint density at radius 1 is 1.50 bits per heavy atom. The SMILES string of the molecule is CSCCC(=O)N1CCCC[C@H]1c1nc2ccc(F)cc2[nH]1. The van der Waals surface area contributed by atoms with Gasteiger partial charge in [-0.25, -0.2) is 9.37 Å². The molecule has 0 aliphatic carbocycles. The molecular weight excluding hydrogens is 301 g/mol. The number of carbonyl (C=O) groups is 1. The summed E-state index contributed by atoms with van der Waals surface area (Å²) < 4.78 is 13.3. The third-order valence-electron chi connectivity index (χ3n) is 4.12. The van der Waals surface area contributed by atoms with Crippen LogP contribution in [0, 0.1) is 5.82 Å². The molecule has 2 aromatic rings. The second-order valence-corrected chi connectivity index (χ2v) is 6.61. The number of aromatic amines is 1. The fourth-order valence-corrected chi connectivity index (χ4v) is 3.39. The van der Waals surface area contributed by atoms with Crippen molar-refractivity contribution in [1.29, 1.82) is 0 Å². The monoisotopic (exact) mass is 321 g/mol. The lowest BCUT2D eigenvalue weighted by molar-refractivity contribution is -0.134. The van der Waals surface area contributed by atoms with E-state index in [1.165, 1.54) is 12.1 Å². The Bertz CT molecular complexity index is 672. The molecule has 1 aromatic carbocycles. The highest BCUT2D eigenvalue weighted by Crippen LogP contribution is 2.31. The first-order valence-electron chi connectivity index (χ1n) is 7.62. The van der Waals surface area contributed by atoms with E-state index in [1.807, 2.05) is 11.2 Å². The Hall–Kier alpha value is -1.56. The van der Waals surface area contributed by atoms with E-state index in [-0.39, 0.29) is 17.8 Å². The van der Waals surface area contributed by atoms with Gasteiger partial charge in [-0.1, -0.05) is 0 Å². The number of thioether (sulfide) groups is 1. The molecule has 0 saturated carbocycles. The molecule has 1 atom stereocenters. The number of amides is 1. The topological polar surface area (TPSA) is 49.0 Å². The van der Waals surface area contributed by atoms with Crippen LogP contribution < -0.4 is 0 Å². The largest absolute Gasteiger partial charge is 0.340 e. The molecule has 1 N–H and O–H groups in total. The Morgan fingerprint density at radius 3 is 3.18 bits per heavy atom. The number of hydrogen-bond donors (Lipinski definition) is 1. The molecule has 6 heteroatoms. The van der Waals surface area contributed by atoms with Crippen LogP contribution >= 0.6 is 11.8 Å². The van der Waals surface area contributed by atoms with E-state index in [2.05, 4.69) is 9.97 Å². The van der Waals surface area contributed by atoms with Gasteiger partial charge in [0.25, 0.3) is 0 Å². The number of nitrogens with one attached hydrogen (secondary N) is 1. The third-order valence-corrected chi connectivity index (χ3v) is 4.73. The van der Waals surface area contributed by atoms with E-state index >= 15 is 0 Å². The Balaban J connectivity index is 1.86. The van der Waals surface area contributed by atoms with Gasteiger partial charge in [-0.2, -0.15) is 11.8 Å². The molecular formula is C16H20FN3OS. The minimum atomic E-state index is -0.278. The number of halogens is 1. The van der Waals surface area contributed by atoms with Gasteiger partial charge in [0, 0.05) is 18.7 Å². The summed E-state index contributed by atoms with van der Waals surface area (Å²) in [6.07, 6.45) is 5.60. The first-order valence-corrected chi connectivity index (χ1v) is 9.02. The van der Waals surface area contributed by atoms with Crippen molar-refractivity contribution in [3.05, 3.63) is 29.8 Å². The molecule has 2 heterocycles. The summed E-state index contributed by atoms with van der Waals surface area (Å²) in [7, 11) is 0. The van der Waals surface area contributed by atoms with Crippen molar-refractivity contribution < 1.29 is 9.18 Å². The molecule has 1 saturated heterocycles. The quantitative estimate of drug-likeness (QED) is 0.937. The van der Waals surface area contributed by atoms with Crippen LogP contribution in [0.5, 0.6) is 0 Å². The van der Waals surface area contributed by atoms with Gasteiger partial charge in [0.15, 0.2) is 0 Å². The number of carbonyl (C=O) groups excluding carboxylic acids is 1. The average molecular weight is 321 g/mol. The van der Waals surface area contributed by atoms with Crippen LogP contribution in [0.1, 0.15) is 37.5 Å². The molecule has 1 aliphatic rings. The standard InChI is InChI=1S/C16H20FN3OS/c1-22-9-7-15(21)20-8-3-2-4-14(20)16-18-12-6-5-11(17)10-13(12)19-16/h5-6,10,14H,2-4,7-9H2,1H3,(H,18,19)/t14-/m0/s1. The fraction of sp³-hybridized carbons (Fsp3) is 0.500. The van der Waals surface area contributed by atoms with Crippen LogP contribution in [0.25, 0.3) is 11.0 Å². The van der Waals surface area contributed by atoms with Crippen molar-refractivity contribution >= 4 is 28.7 Å². The third kappa shape index (κ3) is 3.11. The lowest BCUT2D eigenvalue weighted by Crippen LogP contribution is -2.39. The first kappa shape index (κ1) is 15.3. The van der Waals surface area contributed by atoms with Crippen molar-refractivity contribution in [1.82, 2.24) is 14.9 Å². The predicted octanol–water partition coefficient (Wildman–Crippen LogP) is 3.51. The Morgan fingerprint density at radius 2 is 2.36 bits per heavy atom. The molecule has 1 aliphatic heterocycles. The van der Waals surface area contributed by atoms with Crippen molar-refractivity contribution in [2.45, 2.75) is 31.7 Å². The number of likely N-dealkylation sites (tertiary alicyclic amines) is 1. The molecule has 3 rings (SSSR count). The number of imidazole rings is 1. The normalized spacial score (nSPS) is 18.8. The van der Waals surface area contributed by atoms with E-state index in [1.54, 1.807) is 17.8 Å². The zero-order chi connectivity index (χ0) is 15.5. The summed E-state index contributed by atoms with van der Waals surface area (Å²) in [5.41, 5.74) is 1.44. The minimum absolute atomic E-state index is 0.0152. The Labute approximate surface area is 133 Å². The molecule has 1 aromatic heterocycles. The molecule has 1 amide bonds. The highest BCUT2D eigenvalue weighted by molar-refractivity contribution is 7.98.